The predicted molar refractivity (Wildman–Crippen MR) is 103 cm³/mol. The van der Waals surface area contributed by atoms with Crippen molar-refractivity contribution in [2.24, 2.45) is 0 Å². The van der Waals surface area contributed by atoms with Crippen molar-refractivity contribution in [1.29, 1.82) is 0 Å². The van der Waals surface area contributed by atoms with Crippen LogP contribution in [-0.4, -0.2) is 27.3 Å². The van der Waals surface area contributed by atoms with Crippen LogP contribution in [0.1, 0.15) is 13.3 Å². The quantitative estimate of drug-likeness (QED) is 0.693. The normalized spacial score (nSPS) is 17.3. The Balaban J connectivity index is 1.66. The number of rotatable bonds is 2. The van der Waals surface area contributed by atoms with Gasteiger partial charge in [0, 0.05) is 16.7 Å². The Morgan fingerprint density at radius 2 is 2.16 bits per heavy atom. The van der Waals surface area contributed by atoms with E-state index in [1.54, 1.807) is 16.7 Å². The number of para-hydroxylation sites is 1. The van der Waals surface area contributed by atoms with Crippen molar-refractivity contribution < 1.29 is 4.79 Å². The molecule has 0 radical (unpaired) electrons. The molecule has 3 heterocycles. The lowest BCUT2D eigenvalue weighted by Crippen LogP contribution is -2.37. The molecule has 1 aliphatic rings. The molecule has 0 unspecified atom stereocenters. The van der Waals surface area contributed by atoms with Gasteiger partial charge in [0.05, 0.1) is 17.5 Å². The molecule has 1 aliphatic heterocycles. The molecule has 128 valence electrons. The molecule has 1 atom stereocenters. The number of amides is 1. The van der Waals surface area contributed by atoms with Crippen LogP contribution in [0.25, 0.3) is 10.2 Å². The lowest BCUT2D eigenvalue weighted by molar-refractivity contribution is -0.119. The van der Waals surface area contributed by atoms with Gasteiger partial charge < -0.3 is 4.90 Å². The number of hydrogen-bond donors (Lipinski definition) is 0. The summed E-state index contributed by atoms with van der Waals surface area (Å²) >= 11 is 3.15. The topological polar surface area (TPSA) is 55.2 Å². The first-order chi connectivity index (χ1) is 12.1. The maximum absolute atomic E-state index is 12.9. The van der Waals surface area contributed by atoms with Gasteiger partial charge >= 0.3 is 0 Å². The Hall–Kier alpha value is -2.12. The Bertz CT molecular complexity index is 995. The molecule has 0 aliphatic carbocycles. The first kappa shape index (κ1) is 16.4. The second-order valence-electron chi connectivity index (χ2n) is 6.04. The van der Waals surface area contributed by atoms with Gasteiger partial charge in [-0.25, -0.2) is 4.98 Å². The van der Waals surface area contributed by atoms with Crippen molar-refractivity contribution in [1.82, 2.24) is 9.55 Å². The molecule has 7 heteroatoms. The molecule has 2 aromatic heterocycles. The van der Waals surface area contributed by atoms with Gasteiger partial charge in [0.2, 0.25) is 5.91 Å². The van der Waals surface area contributed by atoms with Gasteiger partial charge in [-0.3, -0.25) is 14.2 Å². The summed E-state index contributed by atoms with van der Waals surface area (Å²) < 4.78 is 2.00. The van der Waals surface area contributed by atoms with Crippen LogP contribution in [0.2, 0.25) is 0 Å². The SMILES string of the molecule is C[C@H]1CCN(C(=O)Cn2cnc3ccsc3c2=O)c2ccccc2S1. The van der Waals surface area contributed by atoms with E-state index < -0.39 is 0 Å². The van der Waals surface area contributed by atoms with Crippen LogP contribution in [0.15, 0.2) is 51.7 Å². The second kappa shape index (κ2) is 6.65. The summed E-state index contributed by atoms with van der Waals surface area (Å²) in [7, 11) is 0. The minimum absolute atomic E-state index is 0.00700. The van der Waals surface area contributed by atoms with Gasteiger partial charge in [-0.05, 0) is 30.0 Å². The summed E-state index contributed by atoms with van der Waals surface area (Å²) in [6, 6.07) is 9.78. The monoisotopic (exact) mass is 371 g/mol. The number of aromatic nitrogens is 2. The van der Waals surface area contributed by atoms with Crippen molar-refractivity contribution >= 4 is 44.9 Å². The lowest BCUT2D eigenvalue weighted by atomic mass is 10.2. The third-order valence-electron chi connectivity index (χ3n) is 4.29. The third kappa shape index (κ3) is 3.09. The standard InChI is InChI=1S/C18H17N3O2S2/c1-12-6-8-21(14-4-2-3-5-15(14)25-12)16(22)10-20-11-19-13-7-9-24-17(13)18(20)23/h2-5,7,9,11-12H,6,8,10H2,1H3/t12-/m0/s1. The highest BCUT2D eigenvalue weighted by Gasteiger charge is 2.24. The number of thioether (sulfide) groups is 1. The van der Waals surface area contributed by atoms with Crippen LogP contribution in [-0.2, 0) is 11.3 Å². The van der Waals surface area contributed by atoms with Gasteiger partial charge in [-0.1, -0.05) is 19.1 Å². The van der Waals surface area contributed by atoms with Crippen molar-refractivity contribution in [2.75, 3.05) is 11.4 Å². The van der Waals surface area contributed by atoms with E-state index in [2.05, 4.69) is 11.9 Å². The third-order valence-corrected chi connectivity index (χ3v) is 6.41. The smallest absolute Gasteiger partial charge is 0.271 e. The fourth-order valence-electron chi connectivity index (χ4n) is 2.97. The number of hydrogen-bond acceptors (Lipinski definition) is 5. The van der Waals surface area contributed by atoms with Gasteiger partial charge in [0.15, 0.2) is 0 Å². The highest BCUT2D eigenvalue weighted by molar-refractivity contribution is 8.00. The van der Waals surface area contributed by atoms with E-state index in [0.29, 0.717) is 22.0 Å². The van der Waals surface area contributed by atoms with Gasteiger partial charge in [-0.15, -0.1) is 23.1 Å². The minimum atomic E-state index is -0.154. The molecule has 5 nitrogen and oxygen atoms in total. The highest BCUT2D eigenvalue weighted by atomic mass is 32.2. The first-order valence-corrected chi connectivity index (χ1v) is 9.88. The van der Waals surface area contributed by atoms with E-state index in [1.807, 2.05) is 35.7 Å². The molecular formula is C18H17N3O2S2. The van der Waals surface area contributed by atoms with Crippen LogP contribution in [0.3, 0.4) is 0 Å². The zero-order valence-corrected chi connectivity index (χ0v) is 15.3. The van der Waals surface area contributed by atoms with E-state index in [-0.39, 0.29) is 18.0 Å². The molecule has 1 amide bonds. The minimum Gasteiger partial charge on any atom is -0.310 e. The van der Waals surface area contributed by atoms with Crippen LogP contribution < -0.4 is 10.5 Å². The molecule has 0 fully saturated rings. The molecule has 0 saturated heterocycles. The Morgan fingerprint density at radius 3 is 3.04 bits per heavy atom. The van der Waals surface area contributed by atoms with E-state index in [4.69, 9.17) is 0 Å². The number of anilines is 1. The zero-order valence-electron chi connectivity index (χ0n) is 13.7. The largest absolute Gasteiger partial charge is 0.310 e. The maximum Gasteiger partial charge on any atom is 0.271 e. The molecule has 1 aromatic carbocycles. The van der Waals surface area contributed by atoms with E-state index >= 15 is 0 Å². The van der Waals surface area contributed by atoms with Crippen molar-refractivity contribution in [3.8, 4) is 0 Å². The predicted octanol–water partition coefficient (Wildman–Crippen LogP) is 3.38. The summed E-state index contributed by atoms with van der Waals surface area (Å²) in [5, 5.41) is 2.29. The summed E-state index contributed by atoms with van der Waals surface area (Å²) in [4.78, 5) is 32.7. The van der Waals surface area contributed by atoms with Gasteiger partial charge in [-0.2, -0.15) is 0 Å². The summed E-state index contributed by atoms with van der Waals surface area (Å²) in [6.07, 6.45) is 2.39. The molecule has 25 heavy (non-hydrogen) atoms. The van der Waals surface area contributed by atoms with Crippen LogP contribution >= 0.6 is 23.1 Å². The molecular weight excluding hydrogens is 354 g/mol. The number of thiophene rings is 1. The average Bonchev–Trinajstić information content (AvgIpc) is 3.01. The molecule has 0 N–H and O–H groups in total. The Morgan fingerprint density at radius 1 is 1.32 bits per heavy atom. The number of benzene rings is 1. The Labute approximate surface area is 153 Å². The fraction of sp³-hybridized carbons (Fsp3) is 0.278. The van der Waals surface area contributed by atoms with Gasteiger partial charge in [0.1, 0.15) is 11.2 Å². The number of carbonyl (C=O) groups excluding carboxylic acids is 1. The molecule has 0 saturated carbocycles. The summed E-state index contributed by atoms with van der Waals surface area (Å²) in [5.41, 5.74) is 1.46. The number of nitrogens with zero attached hydrogens (tertiary/aromatic N) is 3. The van der Waals surface area contributed by atoms with Crippen LogP contribution in [0.5, 0.6) is 0 Å². The maximum atomic E-state index is 12.9. The average molecular weight is 371 g/mol. The van der Waals surface area contributed by atoms with Crippen LogP contribution in [0.4, 0.5) is 5.69 Å². The van der Waals surface area contributed by atoms with E-state index in [0.717, 1.165) is 17.0 Å². The summed E-state index contributed by atoms with van der Waals surface area (Å²) in [6.45, 7) is 2.84. The Kier molecular flexibility index (Phi) is 4.35. The summed E-state index contributed by atoms with van der Waals surface area (Å²) in [5.74, 6) is -0.0815. The van der Waals surface area contributed by atoms with Gasteiger partial charge in [0.25, 0.3) is 5.56 Å². The fourth-order valence-corrected chi connectivity index (χ4v) is 4.87. The van der Waals surface area contributed by atoms with Crippen molar-refractivity contribution in [3.05, 3.63) is 52.4 Å². The number of carbonyl (C=O) groups is 1. The first-order valence-electron chi connectivity index (χ1n) is 8.12. The zero-order chi connectivity index (χ0) is 17.4. The highest BCUT2D eigenvalue weighted by Crippen LogP contribution is 2.37. The molecule has 0 spiro atoms. The molecule has 3 aromatic rings. The van der Waals surface area contributed by atoms with E-state index in [9.17, 15) is 9.59 Å². The van der Waals surface area contributed by atoms with Crippen molar-refractivity contribution in [3.63, 3.8) is 0 Å². The molecule has 4 rings (SSSR count). The molecule has 0 bridgehead atoms. The van der Waals surface area contributed by atoms with Crippen LogP contribution in [0, 0.1) is 0 Å². The lowest BCUT2D eigenvalue weighted by Gasteiger charge is -2.22. The van der Waals surface area contributed by atoms with E-state index in [1.165, 1.54) is 22.2 Å². The second-order valence-corrected chi connectivity index (χ2v) is 8.44. The van der Waals surface area contributed by atoms with Crippen molar-refractivity contribution in [2.45, 2.75) is 30.0 Å². The number of fused-ring (bicyclic) bond motifs is 2.